The van der Waals surface area contributed by atoms with Gasteiger partial charge < -0.3 is 4.74 Å². The number of rotatable bonds is 2. The van der Waals surface area contributed by atoms with Crippen molar-refractivity contribution in [3.63, 3.8) is 0 Å². The first-order valence-electron chi connectivity index (χ1n) is 5.66. The molecule has 0 radical (unpaired) electrons. The van der Waals surface area contributed by atoms with Gasteiger partial charge in [0.2, 0.25) is 0 Å². The maximum absolute atomic E-state index is 11.0. The van der Waals surface area contributed by atoms with Crippen molar-refractivity contribution < 1.29 is 9.53 Å². The summed E-state index contributed by atoms with van der Waals surface area (Å²) in [6, 6.07) is 0. The third-order valence-corrected chi connectivity index (χ3v) is 2.75. The normalized spacial score (nSPS) is 20.3. The lowest BCUT2D eigenvalue weighted by atomic mass is 10.1. The average molecular weight is 196 g/mol. The highest BCUT2D eigenvalue weighted by Gasteiger charge is 2.13. The molecule has 0 bridgehead atoms. The van der Waals surface area contributed by atoms with Gasteiger partial charge in [0.25, 0.3) is 0 Å². The highest BCUT2D eigenvalue weighted by atomic mass is 16.5. The van der Waals surface area contributed by atoms with Gasteiger partial charge in [-0.05, 0) is 25.7 Å². The van der Waals surface area contributed by atoms with Crippen LogP contribution in [-0.4, -0.2) is 12.1 Å². The van der Waals surface area contributed by atoms with Crippen molar-refractivity contribution >= 4 is 5.97 Å². The fourth-order valence-electron chi connectivity index (χ4n) is 1.93. The molecule has 0 aromatic rings. The van der Waals surface area contributed by atoms with Crippen LogP contribution in [0, 0.1) is 0 Å². The Bertz CT molecular complexity index is 177. The number of carbonyl (C=O) groups excluding carboxylic acids is 1. The van der Waals surface area contributed by atoms with Gasteiger partial charge in [-0.25, -0.2) is 4.79 Å². The highest BCUT2D eigenvalue weighted by molar-refractivity contribution is 5.81. The Balaban J connectivity index is 2.31. The van der Waals surface area contributed by atoms with Crippen molar-refractivity contribution in [2.24, 2.45) is 0 Å². The highest BCUT2D eigenvalue weighted by Crippen LogP contribution is 2.19. The van der Waals surface area contributed by atoms with E-state index in [1.165, 1.54) is 44.6 Å². The second-order valence-corrected chi connectivity index (χ2v) is 3.96. The number of carbonyl (C=O) groups is 1. The maximum atomic E-state index is 11.0. The Morgan fingerprint density at radius 3 is 2.07 bits per heavy atom. The zero-order valence-corrected chi connectivity index (χ0v) is 8.84. The van der Waals surface area contributed by atoms with Crippen LogP contribution in [0.25, 0.3) is 0 Å². The van der Waals surface area contributed by atoms with Crippen LogP contribution < -0.4 is 0 Å². The molecule has 1 saturated carbocycles. The molecule has 0 saturated heterocycles. The number of hydrogen-bond acceptors (Lipinski definition) is 2. The van der Waals surface area contributed by atoms with E-state index in [0.717, 1.165) is 12.8 Å². The summed E-state index contributed by atoms with van der Waals surface area (Å²) < 4.78 is 5.27. The molecule has 0 atom stereocenters. The van der Waals surface area contributed by atoms with Crippen LogP contribution in [0.4, 0.5) is 0 Å². The fraction of sp³-hybridized carbons (Fsp3) is 0.750. The van der Waals surface area contributed by atoms with E-state index in [1.54, 1.807) is 0 Å². The monoisotopic (exact) mass is 196 g/mol. The van der Waals surface area contributed by atoms with Crippen molar-refractivity contribution in [3.05, 3.63) is 12.7 Å². The molecular formula is C12H20O2. The minimum Gasteiger partial charge on any atom is -0.459 e. The van der Waals surface area contributed by atoms with Crippen LogP contribution in [0.5, 0.6) is 0 Å². The van der Waals surface area contributed by atoms with Gasteiger partial charge in [0.05, 0.1) is 0 Å². The lowest BCUT2D eigenvalue weighted by Gasteiger charge is -2.15. The van der Waals surface area contributed by atoms with E-state index in [9.17, 15) is 4.79 Å². The van der Waals surface area contributed by atoms with Crippen LogP contribution >= 0.6 is 0 Å². The lowest BCUT2D eigenvalue weighted by molar-refractivity contribution is -0.143. The molecule has 2 heteroatoms. The third kappa shape index (κ3) is 4.45. The molecule has 0 heterocycles. The van der Waals surface area contributed by atoms with Crippen LogP contribution in [0.3, 0.4) is 0 Å². The second kappa shape index (κ2) is 6.63. The smallest absolute Gasteiger partial charge is 0.330 e. The van der Waals surface area contributed by atoms with E-state index < -0.39 is 0 Å². The van der Waals surface area contributed by atoms with Crippen LogP contribution in [0.1, 0.15) is 51.4 Å². The van der Waals surface area contributed by atoms with E-state index >= 15 is 0 Å². The second-order valence-electron chi connectivity index (χ2n) is 3.96. The fourth-order valence-corrected chi connectivity index (χ4v) is 1.93. The summed E-state index contributed by atoms with van der Waals surface area (Å²) in [7, 11) is 0. The van der Waals surface area contributed by atoms with Gasteiger partial charge in [-0.2, -0.15) is 0 Å². The SMILES string of the molecule is C=CC(=O)OC1CCCCCCCC1. The number of ether oxygens (including phenoxy) is 1. The molecule has 0 unspecified atom stereocenters. The predicted molar refractivity (Wildman–Crippen MR) is 57.0 cm³/mol. The standard InChI is InChI=1S/C12H20O2/c1-2-12(13)14-11-9-7-5-3-4-6-8-10-11/h2,11H,1,3-10H2. The average Bonchev–Trinajstić information content (AvgIpc) is 2.31. The Labute approximate surface area is 86.3 Å². The molecule has 80 valence electrons. The van der Waals surface area contributed by atoms with Gasteiger partial charge in [-0.3, -0.25) is 0 Å². The zero-order valence-electron chi connectivity index (χ0n) is 8.84. The van der Waals surface area contributed by atoms with Gasteiger partial charge in [0, 0.05) is 6.08 Å². The Morgan fingerprint density at radius 1 is 1.07 bits per heavy atom. The van der Waals surface area contributed by atoms with Crippen molar-refractivity contribution in [3.8, 4) is 0 Å². The Morgan fingerprint density at radius 2 is 1.57 bits per heavy atom. The largest absolute Gasteiger partial charge is 0.459 e. The van der Waals surface area contributed by atoms with Crippen molar-refractivity contribution in [1.29, 1.82) is 0 Å². The molecule has 0 aromatic heterocycles. The minimum atomic E-state index is -0.269. The first-order chi connectivity index (χ1) is 6.83. The van der Waals surface area contributed by atoms with Crippen molar-refractivity contribution in [2.45, 2.75) is 57.5 Å². The molecule has 0 amide bonds. The summed E-state index contributed by atoms with van der Waals surface area (Å²) in [4.78, 5) is 11.0. The summed E-state index contributed by atoms with van der Waals surface area (Å²) in [6.07, 6.45) is 11.1. The zero-order chi connectivity index (χ0) is 10.2. The first kappa shape index (κ1) is 11.3. The summed E-state index contributed by atoms with van der Waals surface area (Å²) in [5, 5.41) is 0. The number of hydrogen-bond donors (Lipinski definition) is 0. The van der Waals surface area contributed by atoms with Crippen LogP contribution in [0.15, 0.2) is 12.7 Å². The molecule has 0 aromatic carbocycles. The molecule has 1 rings (SSSR count). The third-order valence-electron chi connectivity index (χ3n) is 2.75. The van der Waals surface area contributed by atoms with Gasteiger partial charge in [-0.1, -0.05) is 32.3 Å². The van der Waals surface area contributed by atoms with Crippen molar-refractivity contribution in [1.82, 2.24) is 0 Å². The first-order valence-corrected chi connectivity index (χ1v) is 5.66. The molecule has 0 spiro atoms. The molecule has 14 heavy (non-hydrogen) atoms. The Hall–Kier alpha value is -0.790. The molecule has 0 N–H and O–H groups in total. The van der Waals surface area contributed by atoms with E-state index in [0.29, 0.717) is 0 Å². The minimum absolute atomic E-state index is 0.138. The predicted octanol–water partition coefficient (Wildman–Crippen LogP) is 3.22. The molecule has 0 aliphatic heterocycles. The molecule has 1 aliphatic carbocycles. The van der Waals surface area contributed by atoms with Gasteiger partial charge >= 0.3 is 5.97 Å². The van der Waals surface area contributed by atoms with E-state index in [2.05, 4.69) is 6.58 Å². The summed E-state index contributed by atoms with van der Waals surface area (Å²) in [5.41, 5.74) is 0. The van der Waals surface area contributed by atoms with Gasteiger partial charge in [0.1, 0.15) is 6.10 Å². The van der Waals surface area contributed by atoms with Crippen LogP contribution in [0.2, 0.25) is 0 Å². The molecular weight excluding hydrogens is 176 g/mol. The maximum Gasteiger partial charge on any atom is 0.330 e. The topological polar surface area (TPSA) is 26.3 Å². The Kier molecular flexibility index (Phi) is 5.35. The summed E-state index contributed by atoms with van der Waals surface area (Å²) in [5.74, 6) is -0.269. The van der Waals surface area contributed by atoms with Gasteiger partial charge in [0.15, 0.2) is 0 Å². The van der Waals surface area contributed by atoms with E-state index in [4.69, 9.17) is 4.74 Å². The quantitative estimate of drug-likeness (QED) is 0.500. The summed E-state index contributed by atoms with van der Waals surface area (Å²) in [6.45, 7) is 3.41. The van der Waals surface area contributed by atoms with Crippen LogP contribution in [-0.2, 0) is 9.53 Å². The van der Waals surface area contributed by atoms with Gasteiger partial charge in [-0.15, -0.1) is 0 Å². The molecule has 1 aliphatic rings. The molecule has 1 fully saturated rings. The summed E-state index contributed by atoms with van der Waals surface area (Å²) >= 11 is 0. The molecule has 2 nitrogen and oxygen atoms in total. The van der Waals surface area contributed by atoms with E-state index in [1.807, 2.05) is 0 Å². The van der Waals surface area contributed by atoms with E-state index in [-0.39, 0.29) is 12.1 Å². The lowest BCUT2D eigenvalue weighted by Crippen LogP contribution is -2.16. The van der Waals surface area contributed by atoms with Crippen molar-refractivity contribution in [2.75, 3.05) is 0 Å². The number of esters is 1.